The van der Waals surface area contributed by atoms with Gasteiger partial charge < -0.3 is 4.57 Å². The lowest BCUT2D eigenvalue weighted by molar-refractivity contribution is -0.124. The highest BCUT2D eigenvalue weighted by atomic mass is 32.2. The maximum Gasteiger partial charge on any atom is 0.244 e. The van der Waals surface area contributed by atoms with Gasteiger partial charge in [-0.1, -0.05) is 0 Å². The number of nitrogens with zero attached hydrogens (tertiary/aromatic N) is 4. The van der Waals surface area contributed by atoms with E-state index in [9.17, 15) is 13.2 Å². The lowest BCUT2D eigenvalue weighted by Gasteiger charge is -2.15. The predicted octanol–water partition coefficient (Wildman–Crippen LogP) is 1.76. The Balaban J connectivity index is 1.76. The van der Waals surface area contributed by atoms with Crippen molar-refractivity contribution in [3.05, 3.63) is 35.3 Å². The van der Waals surface area contributed by atoms with E-state index in [1.165, 1.54) is 0 Å². The molecule has 3 rings (SSSR count). The molecular weight excluding hydrogens is 366 g/mol. The first kappa shape index (κ1) is 19.3. The second kappa shape index (κ2) is 7.30. The Labute approximate surface area is 159 Å². The zero-order valence-corrected chi connectivity index (χ0v) is 16.8. The van der Waals surface area contributed by atoms with Gasteiger partial charge in [0.2, 0.25) is 5.91 Å². The summed E-state index contributed by atoms with van der Waals surface area (Å²) in [7, 11) is -3.09. The van der Waals surface area contributed by atoms with Crippen LogP contribution in [0.25, 0.3) is 5.82 Å². The Morgan fingerprint density at radius 1 is 1.41 bits per heavy atom. The molecule has 0 saturated carbocycles. The molecule has 1 aliphatic heterocycles. The van der Waals surface area contributed by atoms with E-state index in [4.69, 9.17) is 0 Å². The van der Waals surface area contributed by atoms with Crippen LogP contribution in [0.3, 0.4) is 0 Å². The van der Waals surface area contributed by atoms with E-state index in [2.05, 4.69) is 34.0 Å². The highest BCUT2D eigenvalue weighted by Gasteiger charge is 2.32. The van der Waals surface area contributed by atoms with Gasteiger partial charge in [0, 0.05) is 29.1 Å². The Morgan fingerprint density at radius 3 is 2.78 bits per heavy atom. The van der Waals surface area contributed by atoms with Crippen molar-refractivity contribution >= 4 is 22.0 Å². The van der Waals surface area contributed by atoms with Crippen LogP contribution in [0.2, 0.25) is 0 Å². The van der Waals surface area contributed by atoms with Crippen LogP contribution >= 0.6 is 0 Å². The van der Waals surface area contributed by atoms with E-state index >= 15 is 0 Å². The van der Waals surface area contributed by atoms with Crippen LogP contribution < -0.4 is 5.43 Å². The van der Waals surface area contributed by atoms with Gasteiger partial charge in [-0.3, -0.25) is 4.79 Å². The lowest BCUT2D eigenvalue weighted by Crippen LogP contribution is -2.27. The average Bonchev–Trinajstić information content (AvgIpc) is 3.26. The molecule has 1 fully saturated rings. The number of carbonyl (C=O) groups excluding carboxylic acids is 1. The standard InChI is InChI=1S/C18H25N5O3S/c1-12(2)23-17(5-7-20-23)22-13(3)9-16(14(22)4)10-19-21-18(24)15-6-8-27(25,26)11-15/h5,7,9-10,12,15H,6,8,11H2,1-4H3,(H,21,24)/b19-10-/t15-/m1/s1. The highest BCUT2D eigenvalue weighted by molar-refractivity contribution is 7.91. The number of nitrogens with one attached hydrogen (secondary N) is 1. The number of rotatable bonds is 5. The first-order chi connectivity index (χ1) is 12.7. The summed E-state index contributed by atoms with van der Waals surface area (Å²) in [6, 6.07) is 4.18. The topological polar surface area (TPSA) is 98.3 Å². The third-order valence-corrected chi connectivity index (χ3v) is 6.59. The molecule has 0 aromatic carbocycles. The van der Waals surface area contributed by atoms with Crippen LogP contribution in [-0.4, -0.2) is 46.4 Å². The first-order valence-electron chi connectivity index (χ1n) is 8.96. The fourth-order valence-corrected chi connectivity index (χ4v) is 5.15. The van der Waals surface area contributed by atoms with Gasteiger partial charge in [0.25, 0.3) is 0 Å². The molecule has 8 nitrogen and oxygen atoms in total. The predicted molar refractivity (Wildman–Crippen MR) is 104 cm³/mol. The maximum absolute atomic E-state index is 12.1. The molecule has 9 heteroatoms. The highest BCUT2D eigenvalue weighted by Crippen LogP contribution is 2.22. The van der Waals surface area contributed by atoms with E-state index in [-0.39, 0.29) is 23.5 Å². The van der Waals surface area contributed by atoms with Gasteiger partial charge >= 0.3 is 0 Å². The van der Waals surface area contributed by atoms with Gasteiger partial charge in [-0.25, -0.2) is 18.5 Å². The third-order valence-electron chi connectivity index (χ3n) is 4.82. The molecule has 1 amide bonds. The molecule has 146 valence electrons. The number of sulfone groups is 1. The van der Waals surface area contributed by atoms with Crippen LogP contribution in [0.15, 0.2) is 23.4 Å². The molecule has 27 heavy (non-hydrogen) atoms. The first-order valence-corrected chi connectivity index (χ1v) is 10.8. The molecule has 2 aromatic heterocycles. The molecular formula is C18H25N5O3S. The summed E-state index contributed by atoms with van der Waals surface area (Å²) in [5.41, 5.74) is 5.36. The van der Waals surface area contributed by atoms with Gasteiger partial charge in [-0.2, -0.15) is 10.2 Å². The zero-order valence-electron chi connectivity index (χ0n) is 16.0. The maximum atomic E-state index is 12.1. The molecule has 1 N–H and O–H groups in total. The number of aromatic nitrogens is 3. The van der Waals surface area contributed by atoms with Crippen molar-refractivity contribution in [1.29, 1.82) is 0 Å². The molecule has 1 aliphatic rings. The molecule has 0 bridgehead atoms. The number of hydrazone groups is 1. The second-order valence-corrected chi connectivity index (χ2v) is 9.45. The summed E-state index contributed by atoms with van der Waals surface area (Å²) in [4.78, 5) is 12.1. The molecule has 3 heterocycles. The largest absolute Gasteiger partial charge is 0.303 e. The van der Waals surface area contributed by atoms with Gasteiger partial charge in [0.1, 0.15) is 5.82 Å². The Kier molecular flexibility index (Phi) is 5.23. The number of amides is 1. The third kappa shape index (κ3) is 3.97. The number of aryl methyl sites for hydroxylation is 1. The summed E-state index contributed by atoms with van der Waals surface area (Å²) in [6.07, 6.45) is 3.73. The van der Waals surface area contributed by atoms with Crippen molar-refractivity contribution in [2.75, 3.05) is 11.5 Å². The van der Waals surface area contributed by atoms with Gasteiger partial charge in [0.05, 0.1) is 29.8 Å². The van der Waals surface area contributed by atoms with Gasteiger partial charge in [0.15, 0.2) is 9.84 Å². The minimum Gasteiger partial charge on any atom is -0.303 e. The van der Waals surface area contributed by atoms with Crippen molar-refractivity contribution in [2.45, 2.75) is 40.2 Å². The molecule has 0 unspecified atom stereocenters. The van der Waals surface area contributed by atoms with Crippen LogP contribution in [0, 0.1) is 19.8 Å². The summed E-state index contributed by atoms with van der Waals surface area (Å²) in [6.45, 7) is 8.14. The minimum atomic E-state index is -3.09. The number of carbonyl (C=O) groups is 1. The van der Waals surface area contributed by atoms with Crippen LogP contribution in [0.1, 0.15) is 43.3 Å². The SMILES string of the molecule is Cc1cc(/C=N\NC(=O)[C@@H]2CCS(=O)(=O)C2)c(C)n1-c1ccnn1C(C)C. The molecule has 1 saturated heterocycles. The smallest absolute Gasteiger partial charge is 0.244 e. The van der Waals surface area contributed by atoms with Crippen LogP contribution in [0.5, 0.6) is 0 Å². The lowest BCUT2D eigenvalue weighted by atomic mass is 10.1. The average molecular weight is 391 g/mol. The van der Waals surface area contributed by atoms with E-state index in [0.29, 0.717) is 6.42 Å². The summed E-state index contributed by atoms with van der Waals surface area (Å²) < 4.78 is 27.0. The van der Waals surface area contributed by atoms with E-state index < -0.39 is 15.8 Å². The van der Waals surface area contributed by atoms with Crippen LogP contribution in [-0.2, 0) is 14.6 Å². The normalized spacial score (nSPS) is 19.2. The van der Waals surface area contributed by atoms with Crippen LogP contribution in [0.4, 0.5) is 0 Å². The fourth-order valence-electron chi connectivity index (χ4n) is 3.41. The quantitative estimate of drug-likeness (QED) is 0.620. The molecule has 1 atom stereocenters. The molecule has 2 aromatic rings. The second-order valence-electron chi connectivity index (χ2n) is 7.22. The fraction of sp³-hybridized carbons (Fsp3) is 0.500. The Morgan fingerprint density at radius 2 is 2.15 bits per heavy atom. The van der Waals surface area contributed by atoms with Gasteiger partial charge in [-0.15, -0.1) is 0 Å². The Bertz CT molecular complexity index is 985. The zero-order chi connectivity index (χ0) is 19.8. The number of hydrogen-bond donors (Lipinski definition) is 1. The molecule has 0 radical (unpaired) electrons. The molecule has 0 aliphatic carbocycles. The van der Waals surface area contributed by atoms with Crippen molar-refractivity contribution in [3.8, 4) is 5.82 Å². The van der Waals surface area contributed by atoms with Gasteiger partial charge in [-0.05, 0) is 40.2 Å². The summed E-state index contributed by atoms with van der Waals surface area (Å²) >= 11 is 0. The van der Waals surface area contributed by atoms with E-state index in [0.717, 1.165) is 22.8 Å². The molecule has 0 spiro atoms. The van der Waals surface area contributed by atoms with Crippen molar-refractivity contribution < 1.29 is 13.2 Å². The summed E-state index contributed by atoms with van der Waals surface area (Å²) in [5.74, 6) is 0.0838. The monoisotopic (exact) mass is 391 g/mol. The van der Waals surface area contributed by atoms with E-state index in [1.807, 2.05) is 30.7 Å². The van der Waals surface area contributed by atoms with Crippen molar-refractivity contribution in [2.24, 2.45) is 11.0 Å². The van der Waals surface area contributed by atoms with Crippen molar-refractivity contribution in [1.82, 2.24) is 19.8 Å². The Hall–Kier alpha value is -2.42. The van der Waals surface area contributed by atoms with Crippen molar-refractivity contribution in [3.63, 3.8) is 0 Å². The van der Waals surface area contributed by atoms with E-state index in [1.54, 1.807) is 12.4 Å². The minimum absolute atomic E-state index is 0.0689. The number of hydrogen-bond acceptors (Lipinski definition) is 5. The summed E-state index contributed by atoms with van der Waals surface area (Å²) in [5, 5.41) is 8.41.